The third kappa shape index (κ3) is 4.31. The number of benzene rings is 2. The third-order valence-electron chi connectivity index (χ3n) is 6.22. The summed E-state index contributed by atoms with van der Waals surface area (Å²) in [7, 11) is 0. The van der Waals surface area contributed by atoms with Gasteiger partial charge in [-0.25, -0.2) is 9.78 Å². The summed E-state index contributed by atoms with van der Waals surface area (Å²) in [6.45, 7) is 4.24. The number of aromatic amines is 1. The lowest BCUT2D eigenvalue weighted by Crippen LogP contribution is -2.34. The van der Waals surface area contributed by atoms with Crippen molar-refractivity contribution in [3.63, 3.8) is 0 Å². The molecule has 1 saturated carbocycles. The summed E-state index contributed by atoms with van der Waals surface area (Å²) in [6.07, 6.45) is 6.97. The summed E-state index contributed by atoms with van der Waals surface area (Å²) in [6, 6.07) is 14.2. The molecule has 1 aliphatic carbocycles. The Bertz CT molecular complexity index is 1290. The standard InChI is InChI=1S/C26H30N6O2/c1-16(2)30-26(33)31-18-8-6-17(7-9-18)25-24(27)21-11-10-20(34-15-23-28-12-13-29-23)14-22(21)32(25)19-4-3-5-19/h6-14,16,19H,3-5,15,27H2,1-2H3,(H,28,29)(H2,30,31,33). The number of fused-ring (bicyclic) bond motifs is 1. The van der Waals surface area contributed by atoms with Gasteiger partial charge in [-0.1, -0.05) is 12.1 Å². The maximum atomic E-state index is 12.0. The number of nitrogens with zero attached hydrogens (tertiary/aromatic N) is 2. The Labute approximate surface area is 198 Å². The zero-order valence-corrected chi connectivity index (χ0v) is 19.5. The maximum Gasteiger partial charge on any atom is 0.319 e. The molecule has 2 heterocycles. The van der Waals surface area contributed by atoms with Crippen molar-refractivity contribution in [2.45, 2.75) is 51.8 Å². The highest BCUT2D eigenvalue weighted by atomic mass is 16.5. The van der Waals surface area contributed by atoms with Crippen LogP contribution in [-0.2, 0) is 6.61 Å². The highest BCUT2D eigenvalue weighted by molar-refractivity contribution is 6.02. The van der Waals surface area contributed by atoms with Crippen LogP contribution in [0.4, 0.5) is 16.2 Å². The lowest BCUT2D eigenvalue weighted by molar-refractivity contribution is 0.250. The van der Waals surface area contributed by atoms with Crippen LogP contribution in [-0.4, -0.2) is 26.6 Å². The van der Waals surface area contributed by atoms with Gasteiger partial charge in [0.15, 0.2) is 0 Å². The van der Waals surface area contributed by atoms with Crippen molar-refractivity contribution >= 4 is 28.3 Å². The Balaban J connectivity index is 1.47. The van der Waals surface area contributed by atoms with E-state index >= 15 is 0 Å². The highest BCUT2D eigenvalue weighted by Crippen LogP contribution is 2.45. The molecule has 34 heavy (non-hydrogen) atoms. The number of carbonyl (C=O) groups is 1. The van der Waals surface area contributed by atoms with Crippen LogP contribution in [0.2, 0.25) is 0 Å². The van der Waals surface area contributed by atoms with E-state index in [1.807, 2.05) is 50.2 Å². The van der Waals surface area contributed by atoms with Gasteiger partial charge in [0.2, 0.25) is 0 Å². The molecular weight excluding hydrogens is 428 g/mol. The number of nitrogens with two attached hydrogens (primary N) is 1. The summed E-state index contributed by atoms with van der Waals surface area (Å²) in [5.74, 6) is 1.56. The topological polar surface area (TPSA) is 110 Å². The Morgan fingerprint density at radius 3 is 2.68 bits per heavy atom. The predicted octanol–water partition coefficient (Wildman–Crippen LogP) is 5.45. The maximum absolute atomic E-state index is 12.0. The number of H-pyrrole nitrogens is 1. The first kappa shape index (κ1) is 21.9. The smallest absolute Gasteiger partial charge is 0.319 e. The largest absolute Gasteiger partial charge is 0.486 e. The van der Waals surface area contributed by atoms with Crippen LogP contribution in [0.15, 0.2) is 54.9 Å². The molecule has 0 atom stereocenters. The zero-order valence-electron chi connectivity index (χ0n) is 19.5. The van der Waals surface area contributed by atoms with Crippen molar-refractivity contribution in [1.82, 2.24) is 19.9 Å². The summed E-state index contributed by atoms with van der Waals surface area (Å²) < 4.78 is 8.35. The summed E-state index contributed by atoms with van der Waals surface area (Å²) in [5.41, 5.74) is 11.3. The molecule has 0 saturated heterocycles. The fraction of sp³-hybridized carbons (Fsp3) is 0.308. The molecule has 2 aromatic carbocycles. The normalized spacial score (nSPS) is 13.7. The molecule has 4 aromatic rings. The second-order valence-corrected chi connectivity index (χ2v) is 9.05. The lowest BCUT2D eigenvalue weighted by Gasteiger charge is -2.30. The summed E-state index contributed by atoms with van der Waals surface area (Å²) in [5, 5.41) is 6.73. The average Bonchev–Trinajstić information content (AvgIpc) is 3.38. The van der Waals surface area contributed by atoms with Crippen molar-refractivity contribution in [3.05, 3.63) is 60.7 Å². The second kappa shape index (κ2) is 9.13. The van der Waals surface area contributed by atoms with E-state index < -0.39 is 0 Å². The Morgan fingerprint density at radius 1 is 1.24 bits per heavy atom. The Kier molecular flexibility index (Phi) is 5.88. The minimum atomic E-state index is -0.215. The number of urea groups is 1. The molecule has 0 bridgehead atoms. The molecule has 0 aliphatic heterocycles. The molecule has 176 valence electrons. The minimum absolute atomic E-state index is 0.0743. The van der Waals surface area contributed by atoms with E-state index in [2.05, 4.69) is 31.2 Å². The number of anilines is 2. The Morgan fingerprint density at radius 2 is 2.03 bits per heavy atom. The number of nitrogens with one attached hydrogen (secondary N) is 3. The predicted molar refractivity (Wildman–Crippen MR) is 135 cm³/mol. The molecule has 8 nitrogen and oxygen atoms in total. The van der Waals surface area contributed by atoms with Crippen LogP contribution in [0.5, 0.6) is 5.75 Å². The quantitative estimate of drug-likeness (QED) is 0.295. The van der Waals surface area contributed by atoms with Crippen LogP contribution < -0.4 is 21.1 Å². The number of hydrogen-bond donors (Lipinski definition) is 4. The van der Waals surface area contributed by atoms with Gasteiger partial charge in [-0.05, 0) is 57.4 Å². The fourth-order valence-corrected chi connectivity index (χ4v) is 4.39. The van der Waals surface area contributed by atoms with Crippen molar-refractivity contribution in [1.29, 1.82) is 0 Å². The first-order valence-electron chi connectivity index (χ1n) is 11.7. The van der Waals surface area contributed by atoms with Crippen LogP contribution in [0.25, 0.3) is 22.2 Å². The number of imidazole rings is 1. The molecule has 2 aromatic heterocycles. The number of nitrogen functional groups attached to an aromatic ring is 1. The van der Waals surface area contributed by atoms with E-state index in [1.54, 1.807) is 12.4 Å². The van der Waals surface area contributed by atoms with E-state index in [0.717, 1.165) is 58.0 Å². The zero-order chi connectivity index (χ0) is 23.7. The summed E-state index contributed by atoms with van der Waals surface area (Å²) >= 11 is 0. The molecule has 0 spiro atoms. The van der Waals surface area contributed by atoms with Gasteiger partial charge in [-0.3, -0.25) is 0 Å². The number of ether oxygens (including phenoxy) is 1. The van der Waals surface area contributed by atoms with E-state index in [9.17, 15) is 4.79 Å². The number of aromatic nitrogens is 3. The lowest BCUT2D eigenvalue weighted by atomic mass is 9.92. The van der Waals surface area contributed by atoms with Gasteiger partial charge in [-0.2, -0.15) is 0 Å². The van der Waals surface area contributed by atoms with E-state index in [-0.39, 0.29) is 12.1 Å². The molecular formula is C26H30N6O2. The highest BCUT2D eigenvalue weighted by Gasteiger charge is 2.27. The second-order valence-electron chi connectivity index (χ2n) is 9.05. The van der Waals surface area contributed by atoms with Crippen molar-refractivity contribution in [2.75, 3.05) is 11.1 Å². The molecule has 8 heteroatoms. The first-order valence-corrected chi connectivity index (χ1v) is 11.7. The van der Waals surface area contributed by atoms with Gasteiger partial charge in [0, 0.05) is 47.2 Å². The molecule has 0 radical (unpaired) electrons. The van der Waals surface area contributed by atoms with Gasteiger partial charge in [0.1, 0.15) is 18.2 Å². The van der Waals surface area contributed by atoms with E-state index in [1.165, 1.54) is 6.42 Å². The number of amides is 2. The monoisotopic (exact) mass is 458 g/mol. The number of rotatable bonds is 7. The number of hydrogen-bond acceptors (Lipinski definition) is 4. The Hall–Kier alpha value is -3.94. The third-order valence-corrected chi connectivity index (χ3v) is 6.22. The fourth-order valence-electron chi connectivity index (χ4n) is 4.39. The molecule has 1 fully saturated rings. The average molecular weight is 459 g/mol. The molecule has 1 aliphatic rings. The van der Waals surface area contributed by atoms with Crippen LogP contribution in [0.1, 0.15) is 45.0 Å². The molecule has 2 amide bonds. The van der Waals surface area contributed by atoms with Crippen LogP contribution in [0, 0.1) is 0 Å². The van der Waals surface area contributed by atoms with Gasteiger partial charge >= 0.3 is 6.03 Å². The van der Waals surface area contributed by atoms with Gasteiger partial charge in [0.25, 0.3) is 0 Å². The SMILES string of the molecule is CC(C)NC(=O)Nc1ccc(-c2c(N)c3ccc(OCc4ncc[nH]4)cc3n2C2CCC2)cc1. The van der Waals surface area contributed by atoms with Crippen LogP contribution >= 0.6 is 0 Å². The molecule has 5 rings (SSSR count). The van der Waals surface area contributed by atoms with Crippen LogP contribution in [0.3, 0.4) is 0 Å². The van der Waals surface area contributed by atoms with Gasteiger partial charge in [0.05, 0.1) is 16.9 Å². The van der Waals surface area contributed by atoms with Crippen molar-refractivity contribution in [3.8, 4) is 17.0 Å². The van der Waals surface area contributed by atoms with Crippen molar-refractivity contribution in [2.24, 2.45) is 0 Å². The van der Waals surface area contributed by atoms with Crippen molar-refractivity contribution < 1.29 is 9.53 Å². The van der Waals surface area contributed by atoms with E-state index in [4.69, 9.17) is 10.5 Å². The molecule has 0 unspecified atom stereocenters. The first-order chi connectivity index (χ1) is 16.5. The summed E-state index contributed by atoms with van der Waals surface area (Å²) in [4.78, 5) is 19.3. The van der Waals surface area contributed by atoms with Gasteiger partial charge in [-0.15, -0.1) is 0 Å². The molecule has 5 N–H and O–H groups in total. The van der Waals surface area contributed by atoms with Gasteiger partial charge < -0.3 is 30.7 Å². The minimum Gasteiger partial charge on any atom is -0.486 e. The number of carbonyl (C=O) groups excluding carboxylic acids is 1. The van der Waals surface area contributed by atoms with E-state index in [0.29, 0.717) is 12.6 Å².